The molecule has 1 aromatic carbocycles. The minimum Gasteiger partial charge on any atom is -0.304 e. The van der Waals surface area contributed by atoms with Crippen LogP contribution < -0.4 is 0 Å². The summed E-state index contributed by atoms with van der Waals surface area (Å²) >= 11 is 0. The van der Waals surface area contributed by atoms with Crippen LogP contribution in [-0.4, -0.2) is 43.0 Å². The van der Waals surface area contributed by atoms with Crippen molar-refractivity contribution in [1.29, 1.82) is 5.26 Å². The van der Waals surface area contributed by atoms with Gasteiger partial charge in [0.05, 0.1) is 6.07 Å². The monoisotopic (exact) mass is 269 g/mol. The van der Waals surface area contributed by atoms with Crippen LogP contribution in [0.5, 0.6) is 0 Å². The van der Waals surface area contributed by atoms with Crippen LogP contribution in [0.2, 0.25) is 0 Å². The summed E-state index contributed by atoms with van der Waals surface area (Å²) in [5.41, 5.74) is 2.23. The fourth-order valence-electron chi connectivity index (χ4n) is 3.72. The number of nitriles is 1. The molecule has 1 saturated heterocycles. The Morgan fingerprint density at radius 3 is 2.60 bits per heavy atom. The normalized spacial score (nSPS) is 31.6. The van der Waals surface area contributed by atoms with E-state index in [4.69, 9.17) is 0 Å². The average molecular weight is 269 g/mol. The summed E-state index contributed by atoms with van der Waals surface area (Å²) in [7, 11) is 2.16. The van der Waals surface area contributed by atoms with Gasteiger partial charge in [-0.25, -0.2) is 0 Å². The maximum Gasteiger partial charge on any atom is 0.135 e. The summed E-state index contributed by atoms with van der Waals surface area (Å²) < 4.78 is 0. The molecule has 2 aliphatic rings. The largest absolute Gasteiger partial charge is 0.304 e. The van der Waals surface area contributed by atoms with E-state index in [1.54, 1.807) is 0 Å². The van der Waals surface area contributed by atoms with Gasteiger partial charge < -0.3 is 4.90 Å². The smallest absolute Gasteiger partial charge is 0.135 e. The molecule has 106 valence electrons. The van der Waals surface area contributed by atoms with E-state index in [-0.39, 0.29) is 0 Å². The van der Waals surface area contributed by atoms with Crippen LogP contribution >= 0.6 is 0 Å². The standard InChI is InChI=1S/C17H23N3/c1-14-7-8-17(13-18,16-6-4-3-5-15(14)16)20-11-9-19(2)10-12-20/h3-6,14H,7-12H2,1-2H3. The van der Waals surface area contributed by atoms with E-state index in [1.807, 2.05) is 0 Å². The Kier molecular flexibility index (Phi) is 3.54. The summed E-state index contributed by atoms with van der Waals surface area (Å²) in [5.74, 6) is 0.570. The van der Waals surface area contributed by atoms with E-state index in [1.165, 1.54) is 11.1 Å². The van der Waals surface area contributed by atoms with Crippen LogP contribution in [0.3, 0.4) is 0 Å². The van der Waals surface area contributed by atoms with Crippen molar-refractivity contribution in [2.75, 3.05) is 33.2 Å². The van der Waals surface area contributed by atoms with Crippen molar-refractivity contribution in [3.05, 3.63) is 35.4 Å². The second-order valence-corrected chi connectivity index (χ2v) is 6.29. The predicted octanol–water partition coefficient (Wildman–Crippen LogP) is 2.55. The molecule has 0 radical (unpaired) electrons. The van der Waals surface area contributed by atoms with Crippen molar-refractivity contribution in [2.45, 2.75) is 31.2 Å². The van der Waals surface area contributed by atoms with Crippen LogP contribution in [0.25, 0.3) is 0 Å². The first kappa shape index (κ1) is 13.6. The molecule has 1 aromatic rings. The fraction of sp³-hybridized carbons (Fsp3) is 0.588. The van der Waals surface area contributed by atoms with Gasteiger partial charge in [-0.3, -0.25) is 4.90 Å². The molecule has 2 unspecified atom stereocenters. The van der Waals surface area contributed by atoms with Gasteiger partial charge in [-0.15, -0.1) is 0 Å². The highest BCUT2D eigenvalue weighted by atomic mass is 15.3. The summed E-state index contributed by atoms with van der Waals surface area (Å²) in [4.78, 5) is 4.76. The number of likely N-dealkylation sites (N-methyl/N-ethyl adjacent to an activating group) is 1. The summed E-state index contributed by atoms with van der Waals surface area (Å²) in [5, 5.41) is 9.99. The zero-order chi connectivity index (χ0) is 14.2. The van der Waals surface area contributed by atoms with Crippen molar-refractivity contribution in [3.63, 3.8) is 0 Å². The van der Waals surface area contributed by atoms with Crippen molar-refractivity contribution in [2.24, 2.45) is 0 Å². The van der Waals surface area contributed by atoms with Crippen LogP contribution in [0.15, 0.2) is 24.3 Å². The van der Waals surface area contributed by atoms with E-state index in [0.717, 1.165) is 39.0 Å². The maximum absolute atomic E-state index is 9.99. The molecule has 1 heterocycles. The van der Waals surface area contributed by atoms with Crippen molar-refractivity contribution in [1.82, 2.24) is 9.80 Å². The molecule has 0 N–H and O–H groups in total. The quantitative estimate of drug-likeness (QED) is 0.785. The Balaban J connectivity index is 2.02. The lowest BCUT2D eigenvalue weighted by atomic mass is 9.72. The van der Waals surface area contributed by atoms with E-state index >= 15 is 0 Å². The van der Waals surface area contributed by atoms with E-state index in [0.29, 0.717) is 5.92 Å². The fourth-order valence-corrected chi connectivity index (χ4v) is 3.72. The van der Waals surface area contributed by atoms with Crippen LogP contribution in [0.1, 0.15) is 36.8 Å². The Morgan fingerprint density at radius 2 is 1.90 bits per heavy atom. The van der Waals surface area contributed by atoms with Gasteiger partial charge in [0.25, 0.3) is 0 Å². The van der Waals surface area contributed by atoms with Gasteiger partial charge in [-0.1, -0.05) is 31.2 Å². The van der Waals surface area contributed by atoms with Gasteiger partial charge in [0.15, 0.2) is 0 Å². The van der Waals surface area contributed by atoms with E-state index in [2.05, 4.69) is 54.1 Å². The molecule has 0 saturated carbocycles. The van der Waals surface area contributed by atoms with Gasteiger partial charge in [0.2, 0.25) is 0 Å². The predicted molar refractivity (Wildman–Crippen MR) is 80.5 cm³/mol. The van der Waals surface area contributed by atoms with Crippen LogP contribution in [0.4, 0.5) is 0 Å². The molecule has 0 amide bonds. The summed E-state index contributed by atoms with van der Waals surface area (Å²) in [6.45, 7) is 6.38. The van der Waals surface area contributed by atoms with Crippen molar-refractivity contribution < 1.29 is 0 Å². The maximum atomic E-state index is 9.99. The second-order valence-electron chi connectivity index (χ2n) is 6.29. The third-order valence-corrected chi connectivity index (χ3v) is 5.10. The molecule has 3 heteroatoms. The highest BCUT2D eigenvalue weighted by Crippen LogP contribution is 2.44. The molecular formula is C17H23N3. The van der Waals surface area contributed by atoms with Crippen LogP contribution in [0, 0.1) is 11.3 Å². The Labute approximate surface area is 121 Å². The average Bonchev–Trinajstić information content (AvgIpc) is 2.50. The SMILES string of the molecule is CC1CCC(C#N)(N2CCN(C)CC2)c2ccccc21. The number of rotatable bonds is 1. The van der Waals surface area contributed by atoms with E-state index in [9.17, 15) is 5.26 Å². The first-order chi connectivity index (χ1) is 9.67. The molecule has 1 aliphatic heterocycles. The minimum absolute atomic E-state index is 0.398. The van der Waals surface area contributed by atoms with Gasteiger partial charge >= 0.3 is 0 Å². The van der Waals surface area contributed by atoms with Crippen LogP contribution in [-0.2, 0) is 5.54 Å². The molecule has 20 heavy (non-hydrogen) atoms. The number of hydrogen-bond acceptors (Lipinski definition) is 3. The lowest BCUT2D eigenvalue weighted by Gasteiger charge is -2.47. The van der Waals surface area contributed by atoms with Gasteiger partial charge in [0.1, 0.15) is 5.54 Å². The molecule has 0 bridgehead atoms. The molecule has 1 fully saturated rings. The second kappa shape index (κ2) is 5.20. The third-order valence-electron chi connectivity index (χ3n) is 5.10. The Morgan fingerprint density at radius 1 is 1.20 bits per heavy atom. The molecule has 3 rings (SSSR count). The van der Waals surface area contributed by atoms with E-state index < -0.39 is 5.54 Å². The molecule has 0 aromatic heterocycles. The minimum atomic E-state index is -0.398. The Hall–Kier alpha value is -1.37. The molecule has 3 nitrogen and oxygen atoms in total. The van der Waals surface area contributed by atoms with Gasteiger partial charge in [-0.2, -0.15) is 5.26 Å². The lowest BCUT2D eigenvalue weighted by molar-refractivity contribution is 0.0588. The molecule has 1 aliphatic carbocycles. The number of fused-ring (bicyclic) bond motifs is 1. The number of nitrogens with zero attached hydrogens (tertiary/aromatic N) is 3. The summed E-state index contributed by atoms with van der Waals surface area (Å²) in [6, 6.07) is 11.3. The third kappa shape index (κ3) is 2.04. The number of piperazine rings is 1. The zero-order valence-corrected chi connectivity index (χ0v) is 12.5. The van der Waals surface area contributed by atoms with Gasteiger partial charge in [-0.05, 0) is 36.9 Å². The number of benzene rings is 1. The topological polar surface area (TPSA) is 30.3 Å². The summed E-state index contributed by atoms with van der Waals surface area (Å²) in [6.07, 6.45) is 2.07. The zero-order valence-electron chi connectivity index (χ0n) is 12.5. The molecule has 0 spiro atoms. The van der Waals surface area contributed by atoms with Crippen molar-refractivity contribution >= 4 is 0 Å². The molecular weight excluding hydrogens is 246 g/mol. The number of hydrogen-bond donors (Lipinski definition) is 0. The molecule has 2 atom stereocenters. The highest BCUT2D eigenvalue weighted by molar-refractivity contribution is 5.43. The Bertz CT molecular complexity index is 525. The van der Waals surface area contributed by atoms with Gasteiger partial charge in [0, 0.05) is 26.2 Å². The lowest BCUT2D eigenvalue weighted by Crippen LogP contribution is -2.55. The first-order valence-electron chi connectivity index (χ1n) is 7.61. The first-order valence-corrected chi connectivity index (χ1v) is 7.61. The van der Waals surface area contributed by atoms with Crippen molar-refractivity contribution in [3.8, 4) is 6.07 Å². The highest BCUT2D eigenvalue weighted by Gasteiger charge is 2.44.